The second-order valence-electron chi connectivity index (χ2n) is 4.69. The van der Waals surface area contributed by atoms with Gasteiger partial charge in [-0.1, -0.05) is 6.07 Å². The summed E-state index contributed by atoms with van der Waals surface area (Å²) in [6.07, 6.45) is 0. The Morgan fingerprint density at radius 2 is 2.00 bits per heavy atom. The zero-order valence-corrected chi connectivity index (χ0v) is 12.7. The second kappa shape index (κ2) is 6.80. The Morgan fingerprint density at radius 3 is 2.64 bits per heavy atom. The zero-order valence-electron chi connectivity index (χ0n) is 12.7. The van der Waals surface area contributed by atoms with E-state index < -0.39 is 5.97 Å². The minimum Gasteiger partial charge on any atom is -0.497 e. The van der Waals surface area contributed by atoms with Crippen LogP contribution >= 0.6 is 0 Å². The lowest BCUT2D eigenvalue weighted by molar-refractivity contribution is 0.0690. The summed E-state index contributed by atoms with van der Waals surface area (Å²) in [4.78, 5) is 15.0. The van der Waals surface area contributed by atoms with Crippen LogP contribution in [0.4, 0.5) is 5.82 Å². The van der Waals surface area contributed by atoms with Gasteiger partial charge in [-0.3, -0.25) is 0 Å². The molecule has 0 aliphatic rings. The second-order valence-corrected chi connectivity index (χ2v) is 4.69. The average Bonchev–Trinajstić information content (AvgIpc) is 2.54. The van der Waals surface area contributed by atoms with Crippen molar-refractivity contribution in [2.24, 2.45) is 0 Å². The first-order chi connectivity index (χ1) is 10.5. The molecule has 1 aromatic carbocycles. The van der Waals surface area contributed by atoms with Crippen molar-refractivity contribution in [3.63, 3.8) is 0 Å². The van der Waals surface area contributed by atoms with Crippen LogP contribution < -0.4 is 14.8 Å². The van der Waals surface area contributed by atoms with E-state index in [0.29, 0.717) is 5.82 Å². The third-order valence-corrected chi connectivity index (χ3v) is 3.24. The van der Waals surface area contributed by atoms with Gasteiger partial charge in [0.2, 0.25) is 0 Å². The van der Waals surface area contributed by atoms with Gasteiger partial charge in [0, 0.05) is 5.56 Å². The lowest BCUT2D eigenvalue weighted by atomic mass is 10.1. The Bertz CT molecular complexity index is 673. The van der Waals surface area contributed by atoms with Crippen LogP contribution in [0.25, 0.3) is 0 Å². The number of aromatic nitrogens is 1. The molecule has 1 heterocycles. The van der Waals surface area contributed by atoms with E-state index in [1.165, 1.54) is 6.07 Å². The fourth-order valence-corrected chi connectivity index (χ4v) is 2.11. The highest BCUT2D eigenvalue weighted by atomic mass is 16.5. The average molecular weight is 302 g/mol. The standard InChI is InChI=1S/C16H18N2O4/c1-10(12-9-11(21-2)7-8-14(12)22-3)17-15-6-4-5-13(18-15)16(19)20/h4-10H,1-3H3,(H,17,18)(H,19,20). The molecule has 0 fully saturated rings. The number of carboxylic acid groups (broad SMARTS) is 1. The van der Waals surface area contributed by atoms with E-state index in [0.717, 1.165) is 17.1 Å². The van der Waals surface area contributed by atoms with Crippen molar-refractivity contribution < 1.29 is 19.4 Å². The SMILES string of the molecule is COc1ccc(OC)c(C(C)Nc2cccc(C(=O)O)n2)c1. The van der Waals surface area contributed by atoms with Gasteiger partial charge in [0.05, 0.1) is 20.3 Å². The fraction of sp³-hybridized carbons (Fsp3) is 0.250. The van der Waals surface area contributed by atoms with Gasteiger partial charge in [0.15, 0.2) is 5.69 Å². The number of nitrogens with one attached hydrogen (secondary N) is 1. The third kappa shape index (κ3) is 3.46. The summed E-state index contributed by atoms with van der Waals surface area (Å²) in [5, 5.41) is 12.2. The Morgan fingerprint density at radius 1 is 1.23 bits per heavy atom. The van der Waals surface area contributed by atoms with Crippen LogP contribution in [-0.2, 0) is 0 Å². The predicted octanol–water partition coefficient (Wildman–Crippen LogP) is 2.97. The van der Waals surface area contributed by atoms with Gasteiger partial charge in [0.1, 0.15) is 17.3 Å². The molecule has 1 aromatic heterocycles. The van der Waals surface area contributed by atoms with Crippen LogP contribution in [0, 0.1) is 0 Å². The number of carbonyl (C=O) groups is 1. The van der Waals surface area contributed by atoms with Crippen LogP contribution in [0.3, 0.4) is 0 Å². The lowest BCUT2D eigenvalue weighted by Gasteiger charge is -2.18. The van der Waals surface area contributed by atoms with Crippen molar-refractivity contribution in [3.8, 4) is 11.5 Å². The van der Waals surface area contributed by atoms with Gasteiger partial charge in [-0.15, -0.1) is 0 Å². The molecule has 2 N–H and O–H groups in total. The summed E-state index contributed by atoms with van der Waals surface area (Å²) in [5.74, 6) is 0.861. The van der Waals surface area contributed by atoms with E-state index in [2.05, 4.69) is 10.3 Å². The van der Waals surface area contributed by atoms with E-state index in [9.17, 15) is 4.79 Å². The molecule has 6 nitrogen and oxygen atoms in total. The van der Waals surface area contributed by atoms with Crippen molar-refractivity contribution in [3.05, 3.63) is 47.7 Å². The van der Waals surface area contributed by atoms with E-state index in [-0.39, 0.29) is 11.7 Å². The quantitative estimate of drug-likeness (QED) is 0.854. The van der Waals surface area contributed by atoms with Crippen LogP contribution in [0.1, 0.15) is 29.0 Å². The molecule has 0 amide bonds. The number of aromatic carboxylic acids is 1. The number of carboxylic acids is 1. The number of rotatable bonds is 6. The molecule has 2 rings (SSSR count). The number of ether oxygens (including phenoxy) is 2. The van der Waals surface area contributed by atoms with Crippen molar-refractivity contribution in [1.82, 2.24) is 4.98 Å². The molecule has 0 bridgehead atoms. The highest BCUT2D eigenvalue weighted by Crippen LogP contribution is 2.30. The molecule has 0 saturated heterocycles. The smallest absolute Gasteiger partial charge is 0.354 e. The van der Waals surface area contributed by atoms with Gasteiger partial charge in [-0.25, -0.2) is 9.78 Å². The number of hydrogen-bond donors (Lipinski definition) is 2. The first-order valence-corrected chi connectivity index (χ1v) is 6.74. The largest absolute Gasteiger partial charge is 0.497 e. The summed E-state index contributed by atoms with van der Waals surface area (Å²) in [6.45, 7) is 1.94. The van der Waals surface area contributed by atoms with Crippen molar-refractivity contribution in [2.75, 3.05) is 19.5 Å². The minimum absolute atomic E-state index is 0.00481. The maximum Gasteiger partial charge on any atom is 0.354 e. The lowest BCUT2D eigenvalue weighted by Crippen LogP contribution is -2.11. The summed E-state index contributed by atoms with van der Waals surface area (Å²) >= 11 is 0. The molecule has 1 unspecified atom stereocenters. The van der Waals surface area contributed by atoms with Crippen molar-refractivity contribution >= 4 is 11.8 Å². The van der Waals surface area contributed by atoms with Crippen LogP contribution in [0.5, 0.6) is 11.5 Å². The Balaban J connectivity index is 2.26. The summed E-state index contributed by atoms with van der Waals surface area (Å²) < 4.78 is 10.6. The summed E-state index contributed by atoms with van der Waals surface area (Å²) in [7, 11) is 3.20. The van der Waals surface area contributed by atoms with E-state index >= 15 is 0 Å². The minimum atomic E-state index is -1.06. The first-order valence-electron chi connectivity index (χ1n) is 6.74. The van der Waals surface area contributed by atoms with Crippen molar-refractivity contribution in [2.45, 2.75) is 13.0 Å². The van der Waals surface area contributed by atoms with Gasteiger partial charge in [0.25, 0.3) is 0 Å². The molecule has 116 valence electrons. The number of nitrogens with zero attached hydrogens (tertiary/aromatic N) is 1. The normalized spacial score (nSPS) is 11.6. The highest BCUT2D eigenvalue weighted by molar-refractivity contribution is 5.85. The van der Waals surface area contributed by atoms with E-state index in [1.54, 1.807) is 26.4 Å². The zero-order chi connectivity index (χ0) is 16.1. The van der Waals surface area contributed by atoms with E-state index in [1.807, 2.05) is 25.1 Å². The fourth-order valence-electron chi connectivity index (χ4n) is 2.11. The van der Waals surface area contributed by atoms with Gasteiger partial charge in [-0.05, 0) is 37.3 Å². The summed E-state index contributed by atoms with van der Waals surface area (Å²) in [5.41, 5.74) is 0.888. The van der Waals surface area contributed by atoms with Gasteiger partial charge >= 0.3 is 5.97 Å². The molecule has 0 saturated carbocycles. The van der Waals surface area contributed by atoms with Crippen LogP contribution in [-0.4, -0.2) is 30.3 Å². The maximum atomic E-state index is 11.0. The molecule has 6 heteroatoms. The van der Waals surface area contributed by atoms with Crippen molar-refractivity contribution in [1.29, 1.82) is 0 Å². The molecular weight excluding hydrogens is 284 g/mol. The molecule has 1 atom stereocenters. The predicted molar refractivity (Wildman–Crippen MR) is 82.8 cm³/mol. The Kier molecular flexibility index (Phi) is 4.83. The third-order valence-electron chi connectivity index (χ3n) is 3.24. The number of benzene rings is 1. The monoisotopic (exact) mass is 302 g/mol. The Hall–Kier alpha value is -2.76. The number of pyridine rings is 1. The van der Waals surface area contributed by atoms with Gasteiger partial charge < -0.3 is 19.9 Å². The molecule has 0 aliphatic heterocycles. The molecule has 0 radical (unpaired) electrons. The summed E-state index contributed by atoms with van der Waals surface area (Å²) in [6, 6.07) is 10.2. The molecule has 2 aromatic rings. The molecule has 22 heavy (non-hydrogen) atoms. The number of methoxy groups -OCH3 is 2. The topological polar surface area (TPSA) is 80.7 Å². The molecule has 0 aliphatic carbocycles. The first kappa shape index (κ1) is 15.6. The molecule has 0 spiro atoms. The van der Waals surface area contributed by atoms with Gasteiger partial charge in [-0.2, -0.15) is 0 Å². The number of hydrogen-bond acceptors (Lipinski definition) is 5. The number of anilines is 1. The Labute approximate surface area is 128 Å². The van der Waals surface area contributed by atoms with E-state index in [4.69, 9.17) is 14.6 Å². The van der Waals surface area contributed by atoms with Crippen LogP contribution in [0.2, 0.25) is 0 Å². The maximum absolute atomic E-state index is 11.0. The highest BCUT2D eigenvalue weighted by Gasteiger charge is 2.14. The molecular formula is C16H18N2O4. The van der Waals surface area contributed by atoms with Crippen LogP contribution in [0.15, 0.2) is 36.4 Å².